The zero-order valence-corrected chi connectivity index (χ0v) is 9.78. The lowest BCUT2D eigenvalue weighted by atomic mass is 10.2. The van der Waals surface area contributed by atoms with Crippen LogP contribution in [0, 0.1) is 11.3 Å². The molecular formula is C13H17N3O. The third-order valence-electron chi connectivity index (χ3n) is 2.83. The van der Waals surface area contributed by atoms with E-state index >= 15 is 0 Å². The summed E-state index contributed by atoms with van der Waals surface area (Å²) in [7, 11) is 0. The number of morpholine rings is 1. The van der Waals surface area contributed by atoms with Crippen molar-refractivity contribution in [2.24, 2.45) is 0 Å². The summed E-state index contributed by atoms with van der Waals surface area (Å²) in [5.74, 6) is 0. The van der Waals surface area contributed by atoms with E-state index in [1.54, 1.807) is 0 Å². The fraction of sp³-hybridized carbons (Fsp3) is 0.462. The van der Waals surface area contributed by atoms with Crippen LogP contribution in [0.5, 0.6) is 0 Å². The number of anilines is 1. The first-order valence-electron chi connectivity index (χ1n) is 5.93. The van der Waals surface area contributed by atoms with Crippen molar-refractivity contribution >= 4 is 5.69 Å². The van der Waals surface area contributed by atoms with E-state index in [2.05, 4.69) is 16.7 Å². The van der Waals surface area contributed by atoms with Gasteiger partial charge in [-0.3, -0.25) is 0 Å². The highest BCUT2D eigenvalue weighted by molar-refractivity contribution is 5.47. The van der Waals surface area contributed by atoms with E-state index in [1.807, 2.05) is 24.3 Å². The zero-order valence-electron chi connectivity index (χ0n) is 9.78. The molecule has 1 aliphatic heterocycles. The molecule has 1 atom stereocenters. The predicted molar refractivity (Wildman–Crippen MR) is 66.9 cm³/mol. The van der Waals surface area contributed by atoms with Crippen LogP contribution in [0.1, 0.15) is 12.0 Å². The lowest BCUT2D eigenvalue weighted by Crippen LogP contribution is -2.42. The molecule has 1 unspecified atom stereocenters. The largest absolute Gasteiger partial charge is 0.385 e. The Bertz CT molecular complexity index is 377. The number of nitrogens with one attached hydrogen (secondary N) is 2. The molecule has 1 saturated heterocycles. The van der Waals surface area contributed by atoms with Gasteiger partial charge in [-0.1, -0.05) is 0 Å². The Labute approximate surface area is 102 Å². The highest BCUT2D eigenvalue weighted by Gasteiger charge is 2.11. The van der Waals surface area contributed by atoms with Gasteiger partial charge in [0.15, 0.2) is 0 Å². The second-order valence-electron chi connectivity index (χ2n) is 4.13. The molecule has 1 aliphatic rings. The maximum atomic E-state index is 8.68. The molecule has 17 heavy (non-hydrogen) atoms. The molecule has 1 heterocycles. The molecule has 0 radical (unpaired) electrons. The van der Waals surface area contributed by atoms with Crippen LogP contribution < -0.4 is 10.6 Å². The van der Waals surface area contributed by atoms with E-state index in [-0.39, 0.29) is 0 Å². The lowest BCUT2D eigenvalue weighted by Gasteiger charge is -2.23. The minimum Gasteiger partial charge on any atom is -0.385 e. The van der Waals surface area contributed by atoms with Gasteiger partial charge in [-0.2, -0.15) is 5.26 Å². The van der Waals surface area contributed by atoms with Crippen LogP contribution in [0.2, 0.25) is 0 Å². The molecule has 0 aromatic heterocycles. The number of nitrogens with zero attached hydrogens (tertiary/aromatic N) is 1. The fourth-order valence-electron chi connectivity index (χ4n) is 1.86. The van der Waals surface area contributed by atoms with Gasteiger partial charge in [0.1, 0.15) is 0 Å². The van der Waals surface area contributed by atoms with Crippen molar-refractivity contribution in [1.29, 1.82) is 5.26 Å². The maximum absolute atomic E-state index is 8.68. The zero-order chi connectivity index (χ0) is 11.9. The number of benzene rings is 1. The SMILES string of the molecule is N#Cc1ccc(NCCC2COCCN2)cc1. The lowest BCUT2D eigenvalue weighted by molar-refractivity contribution is 0.0753. The van der Waals surface area contributed by atoms with E-state index < -0.39 is 0 Å². The second-order valence-corrected chi connectivity index (χ2v) is 4.13. The number of ether oxygens (including phenoxy) is 1. The second kappa shape index (κ2) is 6.24. The third-order valence-corrected chi connectivity index (χ3v) is 2.83. The standard InChI is InChI=1S/C13H17N3O/c14-9-11-1-3-12(4-2-11)15-6-5-13-10-17-8-7-16-13/h1-4,13,15-16H,5-8,10H2. The summed E-state index contributed by atoms with van der Waals surface area (Å²) >= 11 is 0. The van der Waals surface area contributed by atoms with Crippen molar-refractivity contribution in [3.63, 3.8) is 0 Å². The van der Waals surface area contributed by atoms with Crippen LogP contribution >= 0.6 is 0 Å². The van der Waals surface area contributed by atoms with Crippen LogP contribution in [0.3, 0.4) is 0 Å². The molecule has 2 rings (SSSR count). The Balaban J connectivity index is 1.72. The van der Waals surface area contributed by atoms with E-state index in [0.717, 1.165) is 38.4 Å². The molecule has 0 spiro atoms. The van der Waals surface area contributed by atoms with Gasteiger partial charge in [0, 0.05) is 24.8 Å². The summed E-state index contributed by atoms with van der Waals surface area (Å²) in [6.07, 6.45) is 1.04. The summed E-state index contributed by atoms with van der Waals surface area (Å²) < 4.78 is 5.39. The molecular weight excluding hydrogens is 214 g/mol. The summed E-state index contributed by atoms with van der Waals surface area (Å²) in [5, 5.41) is 15.4. The van der Waals surface area contributed by atoms with Crippen LogP contribution in [-0.2, 0) is 4.74 Å². The molecule has 90 valence electrons. The molecule has 0 saturated carbocycles. The van der Waals surface area contributed by atoms with Gasteiger partial charge in [-0.15, -0.1) is 0 Å². The van der Waals surface area contributed by atoms with Gasteiger partial charge in [-0.25, -0.2) is 0 Å². The molecule has 0 bridgehead atoms. The first-order chi connectivity index (χ1) is 8.38. The van der Waals surface area contributed by atoms with Crippen molar-refractivity contribution in [2.75, 3.05) is 31.6 Å². The topological polar surface area (TPSA) is 57.1 Å². The van der Waals surface area contributed by atoms with Gasteiger partial charge < -0.3 is 15.4 Å². The van der Waals surface area contributed by atoms with E-state index in [0.29, 0.717) is 11.6 Å². The van der Waals surface area contributed by atoms with Gasteiger partial charge in [0.2, 0.25) is 0 Å². The van der Waals surface area contributed by atoms with Crippen LogP contribution in [-0.4, -0.2) is 32.3 Å². The van der Waals surface area contributed by atoms with E-state index in [9.17, 15) is 0 Å². The number of rotatable bonds is 4. The van der Waals surface area contributed by atoms with Crippen molar-refractivity contribution in [3.05, 3.63) is 29.8 Å². The van der Waals surface area contributed by atoms with Crippen LogP contribution in [0.4, 0.5) is 5.69 Å². The summed E-state index contributed by atoms with van der Waals surface area (Å²) in [6.45, 7) is 3.48. The maximum Gasteiger partial charge on any atom is 0.0991 e. The number of hydrogen-bond donors (Lipinski definition) is 2. The monoisotopic (exact) mass is 231 g/mol. The fourth-order valence-corrected chi connectivity index (χ4v) is 1.86. The third kappa shape index (κ3) is 3.74. The van der Waals surface area contributed by atoms with Gasteiger partial charge in [0.05, 0.1) is 24.8 Å². The number of nitriles is 1. The Morgan fingerprint density at radius 1 is 1.41 bits per heavy atom. The van der Waals surface area contributed by atoms with Crippen molar-refractivity contribution < 1.29 is 4.74 Å². The molecule has 1 aromatic rings. The molecule has 1 fully saturated rings. The van der Waals surface area contributed by atoms with Crippen LogP contribution in [0.25, 0.3) is 0 Å². The van der Waals surface area contributed by atoms with Gasteiger partial charge in [0.25, 0.3) is 0 Å². The highest BCUT2D eigenvalue weighted by atomic mass is 16.5. The Morgan fingerprint density at radius 3 is 2.88 bits per heavy atom. The van der Waals surface area contributed by atoms with E-state index in [1.165, 1.54) is 0 Å². The van der Waals surface area contributed by atoms with Crippen molar-refractivity contribution in [1.82, 2.24) is 5.32 Å². The molecule has 0 aliphatic carbocycles. The molecule has 2 N–H and O–H groups in total. The van der Waals surface area contributed by atoms with E-state index in [4.69, 9.17) is 10.00 Å². The smallest absolute Gasteiger partial charge is 0.0991 e. The average Bonchev–Trinajstić information content (AvgIpc) is 2.41. The minimum absolute atomic E-state index is 0.453. The van der Waals surface area contributed by atoms with Crippen molar-refractivity contribution in [2.45, 2.75) is 12.5 Å². The Kier molecular flexibility index (Phi) is 4.37. The summed E-state index contributed by atoms with van der Waals surface area (Å²) in [5.41, 5.74) is 1.75. The molecule has 1 aromatic carbocycles. The Hall–Kier alpha value is -1.57. The highest BCUT2D eigenvalue weighted by Crippen LogP contribution is 2.09. The normalized spacial score (nSPS) is 19.6. The predicted octanol–water partition coefficient (Wildman–Crippen LogP) is 1.35. The first kappa shape index (κ1) is 11.9. The minimum atomic E-state index is 0.453. The molecule has 4 heteroatoms. The first-order valence-corrected chi connectivity index (χ1v) is 5.93. The number of hydrogen-bond acceptors (Lipinski definition) is 4. The van der Waals surface area contributed by atoms with Gasteiger partial charge >= 0.3 is 0 Å². The average molecular weight is 231 g/mol. The molecule has 0 amide bonds. The quantitative estimate of drug-likeness (QED) is 0.821. The Morgan fingerprint density at radius 2 is 2.24 bits per heavy atom. The van der Waals surface area contributed by atoms with Crippen LogP contribution in [0.15, 0.2) is 24.3 Å². The summed E-state index contributed by atoms with van der Waals surface area (Å²) in [6, 6.07) is 10.1. The van der Waals surface area contributed by atoms with Gasteiger partial charge in [-0.05, 0) is 30.7 Å². The van der Waals surface area contributed by atoms with Crippen molar-refractivity contribution in [3.8, 4) is 6.07 Å². The molecule has 4 nitrogen and oxygen atoms in total. The summed E-state index contributed by atoms with van der Waals surface area (Å²) in [4.78, 5) is 0.